The van der Waals surface area contributed by atoms with Crippen molar-refractivity contribution in [3.05, 3.63) is 71.3 Å². The lowest BCUT2D eigenvalue weighted by Crippen LogP contribution is -2.53. The van der Waals surface area contributed by atoms with Gasteiger partial charge in [-0.1, -0.05) is 60.2 Å². The van der Waals surface area contributed by atoms with Crippen molar-refractivity contribution in [2.45, 2.75) is 115 Å². The summed E-state index contributed by atoms with van der Waals surface area (Å²) in [6.07, 6.45) is 6.35. The van der Waals surface area contributed by atoms with E-state index in [2.05, 4.69) is 16.0 Å². The fourth-order valence-electron chi connectivity index (χ4n) is 7.86. The van der Waals surface area contributed by atoms with Gasteiger partial charge in [0.2, 0.25) is 5.91 Å². The van der Waals surface area contributed by atoms with Crippen LogP contribution in [0.15, 0.2) is 54.6 Å². The number of unbranched alkanes of at least 4 members (excludes halogenated alkanes) is 1. The summed E-state index contributed by atoms with van der Waals surface area (Å²) in [4.78, 5) is 52.6. The average Bonchev–Trinajstić information content (AvgIpc) is 3.07. The van der Waals surface area contributed by atoms with Crippen LogP contribution in [0.3, 0.4) is 0 Å². The first kappa shape index (κ1) is 38.5. The Kier molecular flexibility index (Phi) is 13.7. The first-order chi connectivity index (χ1) is 24.4. The number of esters is 1. The summed E-state index contributed by atoms with van der Waals surface area (Å²) < 4.78 is 17.0. The van der Waals surface area contributed by atoms with Gasteiger partial charge in [0, 0.05) is 18.1 Å². The van der Waals surface area contributed by atoms with E-state index in [9.17, 15) is 19.2 Å². The Morgan fingerprint density at radius 3 is 2.12 bits per heavy atom. The van der Waals surface area contributed by atoms with Crippen molar-refractivity contribution in [2.24, 2.45) is 23.7 Å². The topological polar surface area (TPSA) is 132 Å². The second kappa shape index (κ2) is 18.2. The van der Waals surface area contributed by atoms with Crippen LogP contribution in [0.2, 0.25) is 0 Å². The molecule has 11 heteroatoms. The van der Waals surface area contributed by atoms with Crippen molar-refractivity contribution in [3.8, 4) is 0 Å². The number of benzene rings is 2. The third-order valence-corrected chi connectivity index (χ3v) is 11.2. The normalized spacial score (nSPS) is 23.1. The Bertz CT molecular complexity index is 1430. The number of carbonyl (C=O) groups is 4. The molecule has 0 radical (unpaired) electrons. The smallest absolute Gasteiger partial charge is 0.408 e. The molecule has 0 saturated heterocycles. The van der Waals surface area contributed by atoms with Crippen LogP contribution in [0.5, 0.6) is 0 Å². The molecule has 4 fully saturated rings. The van der Waals surface area contributed by atoms with E-state index >= 15 is 0 Å². The molecule has 2 atom stereocenters. The van der Waals surface area contributed by atoms with Crippen molar-refractivity contribution in [3.63, 3.8) is 0 Å². The maximum absolute atomic E-state index is 13.7. The van der Waals surface area contributed by atoms with E-state index in [0.717, 1.165) is 28.5 Å². The Morgan fingerprint density at radius 2 is 1.47 bits per heavy atom. The second-order valence-electron chi connectivity index (χ2n) is 15.6. The number of thioether (sulfide) groups is 1. The number of alkyl carbamates (subject to hydrolysis) is 2. The SMILES string of the molecule is Cc1ccc(CSC[C@H](NC(=O)[C@H](CCCCNC(=O)OC2C3CC4CC(C3)CC2C4)NC(=O)OC(C)(C)C)C(=O)OCc2ccccc2)cc1. The summed E-state index contributed by atoms with van der Waals surface area (Å²) >= 11 is 1.51. The van der Waals surface area contributed by atoms with Crippen LogP contribution in [0, 0.1) is 30.6 Å². The van der Waals surface area contributed by atoms with Crippen molar-refractivity contribution < 1.29 is 33.4 Å². The molecule has 4 saturated carbocycles. The predicted molar refractivity (Wildman–Crippen MR) is 198 cm³/mol. The molecular formula is C40H55N3O7S. The molecule has 3 N–H and O–H groups in total. The molecule has 10 nitrogen and oxygen atoms in total. The van der Waals surface area contributed by atoms with Crippen molar-refractivity contribution in [1.82, 2.24) is 16.0 Å². The van der Waals surface area contributed by atoms with E-state index < -0.39 is 35.7 Å². The third-order valence-electron chi connectivity index (χ3n) is 10.1. The number of nitrogens with one attached hydrogen (secondary N) is 3. The number of ether oxygens (including phenoxy) is 3. The Labute approximate surface area is 306 Å². The molecule has 278 valence electrons. The average molecular weight is 722 g/mol. The van der Waals surface area contributed by atoms with Gasteiger partial charge < -0.3 is 30.2 Å². The molecule has 0 spiro atoms. The van der Waals surface area contributed by atoms with E-state index in [1.807, 2.05) is 61.5 Å². The van der Waals surface area contributed by atoms with Gasteiger partial charge >= 0.3 is 18.2 Å². The zero-order chi connectivity index (χ0) is 36.4. The fraction of sp³-hybridized carbons (Fsp3) is 0.600. The van der Waals surface area contributed by atoms with E-state index in [-0.39, 0.29) is 31.0 Å². The number of hydrogen-bond donors (Lipinski definition) is 3. The van der Waals surface area contributed by atoms with Gasteiger partial charge in [0.25, 0.3) is 0 Å². The molecule has 2 aromatic carbocycles. The van der Waals surface area contributed by atoms with Crippen LogP contribution in [0.4, 0.5) is 9.59 Å². The van der Waals surface area contributed by atoms with Crippen LogP contribution in [0.25, 0.3) is 0 Å². The van der Waals surface area contributed by atoms with Gasteiger partial charge in [-0.15, -0.1) is 0 Å². The van der Waals surface area contributed by atoms with Crippen molar-refractivity contribution in [2.75, 3.05) is 12.3 Å². The van der Waals surface area contributed by atoms with E-state index in [1.54, 1.807) is 20.8 Å². The number of carbonyl (C=O) groups excluding carboxylic acids is 4. The van der Waals surface area contributed by atoms with Crippen LogP contribution in [0.1, 0.15) is 88.8 Å². The summed E-state index contributed by atoms with van der Waals surface area (Å²) in [5.74, 6) is 2.47. The zero-order valence-electron chi connectivity index (χ0n) is 30.5. The van der Waals surface area contributed by atoms with Gasteiger partial charge in [0.1, 0.15) is 30.4 Å². The third kappa shape index (κ3) is 12.2. The molecule has 4 aliphatic carbocycles. The minimum atomic E-state index is -0.966. The summed E-state index contributed by atoms with van der Waals surface area (Å²) in [5, 5.41) is 8.45. The number of hydrogen-bond acceptors (Lipinski definition) is 8. The molecule has 0 unspecified atom stereocenters. The van der Waals surface area contributed by atoms with Crippen molar-refractivity contribution >= 4 is 35.8 Å². The highest BCUT2D eigenvalue weighted by Crippen LogP contribution is 2.54. The fourth-order valence-corrected chi connectivity index (χ4v) is 8.87. The zero-order valence-corrected chi connectivity index (χ0v) is 31.3. The van der Waals surface area contributed by atoms with Crippen LogP contribution >= 0.6 is 11.8 Å². The van der Waals surface area contributed by atoms with Crippen LogP contribution in [-0.2, 0) is 36.2 Å². The standard InChI is InChI=1S/C40H55N3O7S/c1-26-13-15-28(16-14-26)24-51-25-34(37(45)48-23-27-10-6-5-7-11-27)42-36(44)33(43-39(47)50-40(2,3)4)12-8-9-17-41-38(46)49-35-31-19-29-18-30(21-31)22-32(35)20-29/h5-7,10-11,13-16,29-35H,8-9,12,17-25H2,1-4H3,(H,41,46)(H,42,44)(H,43,47)/t29?,30?,31?,32?,33-,34-,35?/m0/s1. The number of amides is 3. The highest BCUT2D eigenvalue weighted by molar-refractivity contribution is 7.98. The molecule has 6 rings (SSSR count). The lowest BCUT2D eigenvalue weighted by atomic mass is 9.55. The first-order valence-electron chi connectivity index (χ1n) is 18.5. The van der Waals surface area contributed by atoms with E-state index in [1.165, 1.54) is 43.9 Å². The number of rotatable bonds is 16. The molecule has 51 heavy (non-hydrogen) atoms. The van der Waals surface area contributed by atoms with E-state index in [0.29, 0.717) is 37.0 Å². The van der Waals surface area contributed by atoms with Gasteiger partial charge in [-0.3, -0.25) is 4.79 Å². The summed E-state index contributed by atoms with van der Waals surface area (Å²) in [6.45, 7) is 7.74. The first-order valence-corrected chi connectivity index (χ1v) is 19.7. The monoisotopic (exact) mass is 721 g/mol. The predicted octanol–water partition coefficient (Wildman–Crippen LogP) is 7.07. The second-order valence-corrected chi connectivity index (χ2v) is 16.6. The van der Waals surface area contributed by atoms with Gasteiger partial charge in [-0.05, 0) is 114 Å². The summed E-state index contributed by atoms with van der Waals surface area (Å²) in [7, 11) is 0. The molecule has 0 heterocycles. The van der Waals surface area contributed by atoms with Gasteiger partial charge in [0.05, 0.1) is 0 Å². The largest absolute Gasteiger partial charge is 0.459 e. The summed E-state index contributed by atoms with van der Waals surface area (Å²) in [6, 6.07) is 15.6. The molecular weight excluding hydrogens is 667 g/mol. The maximum Gasteiger partial charge on any atom is 0.408 e. The molecule has 2 aromatic rings. The maximum atomic E-state index is 13.7. The van der Waals surface area contributed by atoms with Crippen molar-refractivity contribution in [1.29, 1.82) is 0 Å². The Balaban J connectivity index is 1.14. The van der Waals surface area contributed by atoms with Gasteiger partial charge in [-0.25, -0.2) is 14.4 Å². The molecule has 0 aliphatic heterocycles. The molecule has 0 aromatic heterocycles. The van der Waals surface area contributed by atoms with Crippen LogP contribution < -0.4 is 16.0 Å². The molecule has 3 amide bonds. The summed E-state index contributed by atoms with van der Waals surface area (Å²) in [5.41, 5.74) is 2.34. The van der Waals surface area contributed by atoms with Crippen LogP contribution in [-0.4, -0.2) is 60.1 Å². The lowest BCUT2D eigenvalue weighted by molar-refractivity contribution is -0.148. The minimum Gasteiger partial charge on any atom is -0.459 e. The Morgan fingerprint density at radius 1 is 0.804 bits per heavy atom. The number of aryl methyl sites for hydroxylation is 1. The lowest BCUT2D eigenvalue weighted by Gasteiger charge is -2.53. The Hall–Kier alpha value is -3.73. The van der Waals surface area contributed by atoms with Gasteiger partial charge in [0.15, 0.2) is 0 Å². The highest BCUT2D eigenvalue weighted by Gasteiger charge is 2.50. The molecule has 4 bridgehead atoms. The van der Waals surface area contributed by atoms with E-state index in [4.69, 9.17) is 14.2 Å². The van der Waals surface area contributed by atoms with Gasteiger partial charge in [-0.2, -0.15) is 11.8 Å². The molecule has 4 aliphatic rings. The highest BCUT2D eigenvalue weighted by atomic mass is 32.2. The quantitative estimate of drug-likeness (QED) is 0.0953. The minimum absolute atomic E-state index is 0.0197.